The van der Waals surface area contributed by atoms with Crippen molar-refractivity contribution in [3.8, 4) is 17.1 Å². The summed E-state index contributed by atoms with van der Waals surface area (Å²) in [7, 11) is 1.63. The normalized spacial score (nSPS) is 14.5. The topological polar surface area (TPSA) is 80.5 Å². The summed E-state index contributed by atoms with van der Waals surface area (Å²) in [5.74, 6) is 1.39. The van der Waals surface area contributed by atoms with E-state index in [2.05, 4.69) is 22.4 Å². The van der Waals surface area contributed by atoms with Crippen molar-refractivity contribution in [2.75, 3.05) is 30.4 Å². The predicted molar refractivity (Wildman–Crippen MR) is 116 cm³/mol. The molecule has 1 fully saturated rings. The highest BCUT2D eigenvalue weighted by Crippen LogP contribution is 2.27. The van der Waals surface area contributed by atoms with Crippen molar-refractivity contribution < 1.29 is 14.1 Å². The lowest BCUT2D eigenvalue weighted by atomic mass is 9.96. The summed E-state index contributed by atoms with van der Waals surface area (Å²) in [6, 6.07) is 16.0. The lowest BCUT2D eigenvalue weighted by Gasteiger charge is -2.29. The van der Waals surface area contributed by atoms with Crippen molar-refractivity contribution in [1.29, 1.82) is 0 Å². The molecule has 1 aliphatic rings. The number of aromatic nitrogens is 2. The Labute approximate surface area is 176 Å². The monoisotopic (exact) mass is 406 g/mol. The number of aryl methyl sites for hydroxylation is 1. The molecule has 0 bridgehead atoms. The van der Waals surface area contributed by atoms with Crippen molar-refractivity contribution in [1.82, 2.24) is 10.1 Å². The zero-order valence-corrected chi connectivity index (χ0v) is 17.3. The smallest absolute Gasteiger partial charge is 0.324 e. The van der Waals surface area contributed by atoms with E-state index in [9.17, 15) is 4.79 Å². The van der Waals surface area contributed by atoms with Crippen LogP contribution in [0.2, 0.25) is 0 Å². The zero-order chi connectivity index (χ0) is 20.9. The van der Waals surface area contributed by atoms with Gasteiger partial charge in [0.15, 0.2) is 0 Å². The van der Waals surface area contributed by atoms with Crippen LogP contribution in [0.4, 0.5) is 11.7 Å². The fraction of sp³-hybridized carbons (Fsp3) is 0.348. The lowest BCUT2D eigenvalue weighted by molar-refractivity contribution is -0.120. The summed E-state index contributed by atoms with van der Waals surface area (Å²) in [4.78, 5) is 19.3. The van der Waals surface area contributed by atoms with Gasteiger partial charge < -0.3 is 19.5 Å². The molecule has 1 saturated heterocycles. The van der Waals surface area contributed by atoms with Crippen LogP contribution >= 0.6 is 0 Å². The van der Waals surface area contributed by atoms with Gasteiger partial charge >= 0.3 is 6.01 Å². The molecular formula is C23H26N4O3. The van der Waals surface area contributed by atoms with Crippen LogP contribution in [0, 0.1) is 5.92 Å². The number of para-hydroxylation sites is 1. The highest BCUT2D eigenvalue weighted by atomic mass is 16.5. The number of nitrogens with one attached hydrogen (secondary N) is 1. The average Bonchev–Trinajstić information content (AvgIpc) is 3.30. The molecule has 1 N–H and O–H groups in total. The first kappa shape index (κ1) is 19.9. The van der Waals surface area contributed by atoms with Crippen LogP contribution in [0.5, 0.6) is 5.75 Å². The Bertz CT molecular complexity index is 992. The molecule has 3 aromatic rings. The second-order valence-electron chi connectivity index (χ2n) is 7.39. The molecule has 1 amide bonds. The van der Waals surface area contributed by atoms with E-state index in [0.29, 0.717) is 24.9 Å². The zero-order valence-electron chi connectivity index (χ0n) is 17.3. The van der Waals surface area contributed by atoms with E-state index in [-0.39, 0.29) is 11.8 Å². The summed E-state index contributed by atoms with van der Waals surface area (Å²) in [6.07, 6.45) is 2.39. The largest absolute Gasteiger partial charge is 0.497 e. The van der Waals surface area contributed by atoms with E-state index in [0.717, 1.165) is 41.8 Å². The first-order chi connectivity index (χ1) is 14.7. The molecule has 2 heterocycles. The number of carbonyl (C=O) groups excluding carboxylic acids is 1. The number of methoxy groups -OCH3 is 1. The Morgan fingerprint density at radius 1 is 1.17 bits per heavy atom. The Balaban J connectivity index is 1.35. The summed E-state index contributed by atoms with van der Waals surface area (Å²) >= 11 is 0. The van der Waals surface area contributed by atoms with Gasteiger partial charge in [-0.15, -0.1) is 0 Å². The van der Waals surface area contributed by atoms with Gasteiger partial charge in [-0.25, -0.2) is 0 Å². The molecule has 7 nitrogen and oxygen atoms in total. The van der Waals surface area contributed by atoms with Gasteiger partial charge in [-0.2, -0.15) is 4.98 Å². The second-order valence-corrected chi connectivity index (χ2v) is 7.39. The third-order valence-electron chi connectivity index (χ3n) is 5.56. The number of nitrogens with zero attached hydrogens (tertiary/aromatic N) is 3. The first-order valence-electron chi connectivity index (χ1n) is 10.3. The van der Waals surface area contributed by atoms with Crippen LogP contribution in [0.3, 0.4) is 0 Å². The molecule has 1 aliphatic heterocycles. The van der Waals surface area contributed by atoms with E-state index in [1.807, 2.05) is 53.4 Å². The van der Waals surface area contributed by atoms with Crippen LogP contribution in [-0.2, 0) is 11.2 Å². The van der Waals surface area contributed by atoms with E-state index in [1.165, 1.54) is 0 Å². The van der Waals surface area contributed by atoms with Crippen molar-refractivity contribution in [2.24, 2.45) is 5.92 Å². The molecule has 4 rings (SSSR count). The molecule has 0 spiro atoms. The number of hydrogen-bond acceptors (Lipinski definition) is 6. The summed E-state index contributed by atoms with van der Waals surface area (Å²) in [6.45, 7) is 3.50. The number of anilines is 2. The van der Waals surface area contributed by atoms with Crippen molar-refractivity contribution in [2.45, 2.75) is 26.2 Å². The molecule has 0 aliphatic carbocycles. The van der Waals surface area contributed by atoms with Gasteiger partial charge in [0.1, 0.15) is 5.75 Å². The Kier molecular flexibility index (Phi) is 5.97. The number of hydrogen-bond donors (Lipinski definition) is 1. The maximum Gasteiger partial charge on any atom is 0.324 e. The van der Waals surface area contributed by atoms with Gasteiger partial charge in [0.05, 0.1) is 7.11 Å². The highest BCUT2D eigenvalue weighted by Gasteiger charge is 2.28. The van der Waals surface area contributed by atoms with Crippen molar-refractivity contribution in [3.05, 3.63) is 54.1 Å². The van der Waals surface area contributed by atoms with Crippen LogP contribution in [0.1, 0.15) is 25.3 Å². The van der Waals surface area contributed by atoms with Crippen molar-refractivity contribution >= 4 is 17.6 Å². The minimum atomic E-state index is -0.0184. The van der Waals surface area contributed by atoms with Crippen LogP contribution in [-0.4, -0.2) is 36.2 Å². The summed E-state index contributed by atoms with van der Waals surface area (Å²) in [5.41, 5.74) is 2.93. The maximum absolute atomic E-state index is 12.7. The number of amides is 1. The lowest BCUT2D eigenvalue weighted by Crippen LogP contribution is -2.38. The summed E-state index contributed by atoms with van der Waals surface area (Å²) < 4.78 is 10.6. The molecule has 2 aromatic carbocycles. The molecular weight excluding hydrogens is 380 g/mol. The van der Waals surface area contributed by atoms with Gasteiger partial charge in [0.2, 0.25) is 11.7 Å². The van der Waals surface area contributed by atoms with Gasteiger partial charge in [0, 0.05) is 30.3 Å². The predicted octanol–water partition coefficient (Wildman–Crippen LogP) is 4.16. The molecule has 0 unspecified atom stereocenters. The minimum absolute atomic E-state index is 0.0184. The Hall–Kier alpha value is -3.35. The minimum Gasteiger partial charge on any atom is -0.497 e. The Morgan fingerprint density at radius 3 is 2.60 bits per heavy atom. The fourth-order valence-electron chi connectivity index (χ4n) is 3.72. The van der Waals surface area contributed by atoms with Crippen LogP contribution in [0.15, 0.2) is 53.1 Å². The maximum atomic E-state index is 12.7. The third kappa shape index (κ3) is 4.30. The van der Waals surface area contributed by atoms with Gasteiger partial charge in [-0.05, 0) is 55.2 Å². The molecule has 0 radical (unpaired) electrons. The Morgan fingerprint density at radius 2 is 1.90 bits per heavy atom. The molecule has 30 heavy (non-hydrogen) atoms. The average molecular weight is 406 g/mol. The fourth-order valence-corrected chi connectivity index (χ4v) is 3.72. The third-order valence-corrected chi connectivity index (χ3v) is 5.56. The van der Waals surface area contributed by atoms with E-state index in [4.69, 9.17) is 9.26 Å². The number of benzene rings is 2. The molecule has 0 saturated carbocycles. The SMILES string of the molecule is CCc1ccccc1NC(=O)C1CCN(c2nc(-c3ccc(OC)cc3)no2)CC1. The van der Waals surface area contributed by atoms with Gasteiger partial charge in [-0.1, -0.05) is 30.3 Å². The van der Waals surface area contributed by atoms with E-state index in [1.54, 1.807) is 7.11 Å². The number of piperidine rings is 1. The standard InChI is InChI=1S/C23H26N4O3/c1-3-16-6-4-5-7-20(16)24-22(28)18-12-14-27(15-13-18)23-25-21(26-30-23)17-8-10-19(29-2)11-9-17/h4-11,18H,3,12-15H2,1-2H3,(H,24,28). The van der Waals surface area contributed by atoms with E-state index < -0.39 is 0 Å². The first-order valence-corrected chi connectivity index (χ1v) is 10.3. The van der Waals surface area contributed by atoms with Crippen LogP contribution in [0.25, 0.3) is 11.4 Å². The molecule has 7 heteroatoms. The summed E-state index contributed by atoms with van der Waals surface area (Å²) in [5, 5.41) is 7.20. The van der Waals surface area contributed by atoms with E-state index >= 15 is 0 Å². The molecule has 1 aromatic heterocycles. The second kappa shape index (κ2) is 8.98. The van der Waals surface area contributed by atoms with Gasteiger partial charge in [0.25, 0.3) is 0 Å². The number of carbonyl (C=O) groups is 1. The molecule has 0 atom stereocenters. The number of ether oxygens (including phenoxy) is 1. The van der Waals surface area contributed by atoms with Crippen LogP contribution < -0.4 is 15.0 Å². The highest BCUT2D eigenvalue weighted by molar-refractivity contribution is 5.93. The number of rotatable bonds is 6. The van der Waals surface area contributed by atoms with Crippen molar-refractivity contribution in [3.63, 3.8) is 0 Å². The molecule has 156 valence electrons. The van der Waals surface area contributed by atoms with Gasteiger partial charge in [-0.3, -0.25) is 4.79 Å². The quantitative estimate of drug-likeness (QED) is 0.662.